The molecule has 0 bridgehead atoms. The highest BCUT2D eigenvalue weighted by Gasteiger charge is 2.26. The Hall–Kier alpha value is -3.77. The number of ether oxygens (including phenoxy) is 2. The summed E-state index contributed by atoms with van der Waals surface area (Å²) < 4.78 is 13.6. The molecule has 1 fully saturated rings. The van der Waals surface area contributed by atoms with Crippen LogP contribution in [0.1, 0.15) is 28.4 Å². The van der Waals surface area contributed by atoms with Crippen LogP contribution < -0.4 is 14.6 Å². The maximum atomic E-state index is 12.4. The van der Waals surface area contributed by atoms with E-state index in [1.807, 2.05) is 71.4 Å². The van der Waals surface area contributed by atoms with Gasteiger partial charge in [-0.15, -0.1) is 0 Å². The Labute approximate surface area is 241 Å². The van der Waals surface area contributed by atoms with E-state index < -0.39 is 0 Å². The summed E-state index contributed by atoms with van der Waals surface area (Å²) >= 11 is 2.20. The van der Waals surface area contributed by atoms with Crippen LogP contribution in [0.5, 0.6) is 5.75 Å². The van der Waals surface area contributed by atoms with Crippen LogP contribution in [0.25, 0.3) is 0 Å². The second-order valence-electron chi connectivity index (χ2n) is 9.10. The normalized spacial score (nSPS) is 15.5. The van der Waals surface area contributed by atoms with Crippen molar-refractivity contribution in [3.8, 4) is 5.75 Å². The van der Waals surface area contributed by atoms with Crippen LogP contribution in [-0.2, 0) is 11.3 Å². The fourth-order valence-corrected chi connectivity index (χ4v) is 5.05. The number of methoxy groups -OCH3 is 1. The first kappa shape index (κ1) is 26.8. The van der Waals surface area contributed by atoms with Crippen LogP contribution in [0.4, 0.5) is 17.5 Å². The lowest BCUT2D eigenvalue weighted by Gasteiger charge is -2.35. The van der Waals surface area contributed by atoms with Crippen molar-refractivity contribution in [3.63, 3.8) is 0 Å². The van der Waals surface area contributed by atoms with Crippen LogP contribution in [0.3, 0.4) is 0 Å². The lowest BCUT2D eigenvalue weighted by atomic mass is 10.2. The van der Waals surface area contributed by atoms with E-state index in [2.05, 4.69) is 39.5 Å². The zero-order valence-electron chi connectivity index (χ0n) is 21.8. The first-order chi connectivity index (χ1) is 19.1. The van der Waals surface area contributed by atoms with Crippen molar-refractivity contribution >= 4 is 52.5 Å². The van der Waals surface area contributed by atoms with E-state index in [4.69, 9.17) is 19.6 Å². The molecule has 9 nitrogen and oxygen atoms in total. The van der Waals surface area contributed by atoms with Gasteiger partial charge in [-0.3, -0.25) is 4.79 Å². The third-order valence-electron chi connectivity index (χ3n) is 6.48. The first-order valence-electron chi connectivity index (χ1n) is 12.6. The molecule has 1 aliphatic heterocycles. The molecule has 3 heterocycles. The van der Waals surface area contributed by atoms with Crippen LogP contribution in [0.15, 0.2) is 78.0 Å². The van der Waals surface area contributed by atoms with Crippen molar-refractivity contribution < 1.29 is 14.3 Å². The molecule has 0 radical (unpaired) electrons. The van der Waals surface area contributed by atoms with Gasteiger partial charge < -0.3 is 14.4 Å². The van der Waals surface area contributed by atoms with Crippen molar-refractivity contribution in [3.05, 3.63) is 93.2 Å². The average Bonchev–Trinajstić information content (AvgIpc) is 3.42. The predicted molar refractivity (Wildman–Crippen MR) is 160 cm³/mol. The third-order valence-corrected chi connectivity index (χ3v) is 7.37. The summed E-state index contributed by atoms with van der Waals surface area (Å²) in [7, 11) is 1.65. The number of benzene rings is 2. The molecule has 2 aromatic carbocycles. The number of rotatable bonds is 9. The predicted octanol–water partition coefficient (Wildman–Crippen LogP) is 5.15. The molecule has 1 aliphatic rings. The number of halogens is 1. The van der Waals surface area contributed by atoms with E-state index in [0.717, 1.165) is 32.6 Å². The molecule has 0 N–H and O–H groups in total. The summed E-state index contributed by atoms with van der Waals surface area (Å²) in [5, 5.41) is 11.1. The molecule has 10 heteroatoms. The smallest absolute Gasteiger partial charge is 0.169 e. The lowest BCUT2D eigenvalue weighted by molar-refractivity contribution is 0.0985. The fraction of sp³-hybridized carbons (Fsp3) is 0.241. The molecule has 0 aliphatic carbocycles. The van der Waals surface area contributed by atoms with Gasteiger partial charge in [0.05, 0.1) is 50.9 Å². The largest absolute Gasteiger partial charge is 0.497 e. The standard InChI is InChI=1S/C29H29IN6O3/c1-21-20-39-15-14-34(21)27-16-26(30)25(19-37)29(33-27)36(32-17-22-6-4-3-5-7-22)28-12-13-31-35(28)18-23-8-10-24(38-2)11-9-23/h3-13,16-17,19,21H,14-15,18,20H2,1-2H3/b32-17+/t21-/m1/s1. The topological polar surface area (TPSA) is 85.1 Å². The Bertz CT molecular complexity index is 1440. The number of pyridine rings is 1. The molecule has 2 aromatic heterocycles. The number of carbonyl (C=O) groups is 1. The van der Waals surface area contributed by atoms with Gasteiger partial charge in [0.15, 0.2) is 17.9 Å². The second-order valence-corrected chi connectivity index (χ2v) is 10.3. The molecule has 5 rings (SSSR count). The molecule has 0 saturated carbocycles. The summed E-state index contributed by atoms with van der Waals surface area (Å²) in [6, 6.07) is 21.6. The number of hydrazone groups is 1. The monoisotopic (exact) mass is 636 g/mol. The van der Waals surface area contributed by atoms with E-state index in [-0.39, 0.29) is 6.04 Å². The minimum Gasteiger partial charge on any atom is -0.497 e. The number of nitrogens with zero attached hydrogens (tertiary/aromatic N) is 6. The van der Waals surface area contributed by atoms with Gasteiger partial charge in [0, 0.05) is 16.2 Å². The third kappa shape index (κ3) is 6.12. The van der Waals surface area contributed by atoms with Crippen molar-refractivity contribution in [2.45, 2.75) is 19.5 Å². The molecule has 1 saturated heterocycles. The average molecular weight is 636 g/mol. The van der Waals surface area contributed by atoms with E-state index in [9.17, 15) is 4.79 Å². The highest BCUT2D eigenvalue weighted by Crippen LogP contribution is 2.33. The molecule has 0 unspecified atom stereocenters. The summed E-state index contributed by atoms with van der Waals surface area (Å²) in [6.45, 7) is 4.56. The highest BCUT2D eigenvalue weighted by molar-refractivity contribution is 14.1. The van der Waals surface area contributed by atoms with Crippen molar-refractivity contribution in [1.82, 2.24) is 14.8 Å². The zero-order chi connectivity index (χ0) is 27.2. The van der Waals surface area contributed by atoms with Crippen LogP contribution in [0.2, 0.25) is 0 Å². The molecule has 39 heavy (non-hydrogen) atoms. The zero-order valence-corrected chi connectivity index (χ0v) is 23.9. The minimum absolute atomic E-state index is 0.152. The molecule has 0 amide bonds. The van der Waals surface area contributed by atoms with Crippen molar-refractivity contribution in [1.29, 1.82) is 0 Å². The minimum atomic E-state index is 0.152. The Kier molecular flexibility index (Phi) is 8.52. The van der Waals surface area contributed by atoms with Crippen molar-refractivity contribution in [2.24, 2.45) is 5.10 Å². The SMILES string of the molecule is COc1ccc(Cn2nccc2N(/N=C/c2ccccc2)c2nc(N3CCOC[C@H]3C)cc(I)c2C=O)cc1. The number of carbonyl (C=O) groups excluding carboxylic acids is 1. The maximum absolute atomic E-state index is 12.4. The number of morpholine rings is 1. The van der Waals surface area contributed by atoms with Gasteiger partial charge in [-0.25, -0.2) is 9.67 Å². The van der Waals surface area contributed by atoms with Crippen LogP contribution in [-0.4, -0.2) is 60.2 Å². The maximum Gasteiger partial charge on any atom is 0.169 e. The van der Waals surface area contributed by atoms with E-state index in [1.165, 1.54) is 0 Å². The molecule has 200 valence electrons. The summed E-state index contributed by atoms with van der Waals surface area (Å²) in [5.41, 5.74) is 2.42. The molecular weight excluding hydrogens is 607 g/mol. The molecule has 4 aromatic rings. The number of aldehydes is 1. The van der Waals surface area contributed by atoms with E-state index in [1.54, 1.807) is 24.5 Å². The second kappa shape index (κ2) is 12.4. The first-order valence-corrected chi connectivity index (χ1v) is 13.7. The van der Waals surface area contributed by atoms with Gasteiger partial charge in [-0.05, 0) is 58.8 Å². The van der Waals surface area contributed by atoms with Gasteiger partial charge in [0.1, 0.15) is 11.6 Å². The quantitative estimate of drug-likeness (QED) is 0.109. The van der Waals surface area contributed by atoms with Crippen LogP contribution in [0, 0.1) is 3.57 Å². The van der Waals surface area contributed by atoms with E-state index >= 15 is 0 Å². The van der Waals surface area contributed by atoms with Gasteiger partial charge in [-0.1, -0.05) is 42.5 Å². The van der Waals surface area contributed by atoms with Gasteiger partial charge in [0.25, 0.3) is 0 Å². The summed E-state index contributed by atoms with van der Waals surface area (Å²) in [4.78, 5) is 19.6. The molecule has 0 spiro atoms. The number of hydrogen-bond donors (Lipinski definition) is 0. The fourth-order valence-electron chi connectivity index (χ4n) is 4.40. The van der Waals surface area contributed by atoms with Gasteiger partial charge >= 0.3 is 0 Å². The number of aromatic nitrogens is 3. The molecular formula is C29H29IN6O3. The summed E-state index contributed by atoms with van der Waals surface area (Å²) in [5.74, 6) is 2.68. The summed E-state index contributed by atoms with van der Waals surface area (Å²) in [6.07, 6.45) is 4.33. The number of anilines is 3. The van der Waals surface area contributed by atoms with Crippen LogP contribution >= 0.6 is 22.6 Å². The Balaban J connectivity index is 1.60. The Morgan fingerprint density at radius 3 is 2.69 bits per heavy atom. The van der Waals surface area contributed by atoms with Gasteiger partial charge in [0.2, 0.25) is 0 Å². The lowest BCUT2D eigenvalue weighted by Crippen LogP contribution is -2.44. The number of hydrogen-bond acceptors (Lipinski definition) is 8. The van der Waals surface area contributed by atoms with Gasteiger partial charge in [-0.2, -0.15) is 15.2 Å². The van der Waals surface area contributed by atoms with Crippen molar-refractivity contribution in [2.75, 3.05) is 36.8 Å². The highest BCUT2D eigenvalue weighted by atomic mass is 127. The molecule has 1 atom stereocenters. The van der Waals surface area contributed by atoms with E-state index in [0.29, 0.717) is 43.5 Å². The Morgan fingerprint density at radius 2 is 1.97 bits per heavy atom. The Morgan fingerprint density at radius 1 is 1.18 bits per heavy atom.